The molecule has 2 aromatic heterocycles. The molecule has 2 aromatic rings. The van der Waals surface area contributed by atoms with Gasteiger partial charge in [0.1, 0.15) is 5.69 Å². The molecule has 5 nitrogen and oxygen atoms in total. The van der Waals surface area contributed by atoms with Crippen LogP contribution < -0.4 is 5.32 Å². The molecule has 0 radical (unpaired) electrons. The lowest BCUT2D eigenvalue weighted by atomic mass is 10.3. The summed E-state index contributed by atoms with van der Waals surface area (Å²) >= 11 is 0. The van der Waals surface area contributed by atoms with E-state index in [0.29, 0.717) is 12.2 Å². The Bertz CT molecular complexity index is 595. The number of amides is 1. The van der Waals surface area contributed by atoms with Gasteiger partial charge in [-0.3, -0.25) is 9.48 Å². The number of rotatable bonds is 4. The van der Waals surface area contributed by atoms with E-state index in [1.807, 2.05) is 39.1 Å². The topological polar surface area (TPSA) is 51.9 Å². The smallest absolute Gasteiger partial charge is 0.269 e. The third-order valence-corrected chi connectivity index (χ3v) is 3.43. The van der Waals surface area contributed by atoms with Crippen molar-refractivity contribution in [2.24, 2.45) is 14.1 Å². The van der Waals surface area contributed by atoms with E-state index in [-0.39, 0.29) is 5.91 Å². The van der Waals surface area contributed by atoms with Gasteiger partial charge in [0.2, 0.25) is 0 Å². The van der Waals surface area contributed by atoms with E-state index >= 15 is 0 Å². The Hall–Kier alpha value is -2.04. The van der Waals surface area contributed by atoms with Crippen molar-refractivity contribution in [3.05, 3.63) is 41.0 Å². The molecule has 0 saturated heterocycles. The van der Waals surface area contributed by atoms with Crippen LogP contribution in [0.25, 0.3) is 0 Å². The molecule has 102 valence electrons. The van der Waals surface area contributed by atoms with Crippen molar-refractivity contribution in [3.8, 4) is 0 Å². The zero-order valence-electron chi connectivity index (χ0n) is 11.9. The Morgan fingerprint density at radius 3 is 2.63 bits per heavy atom. The summed E-state index contributed by atoms with van der Waals surface area (Å²) in [7, 11) is 3.79. The van der Waals surface area contributed by atoms with Gasteiger partial charge in [-0.15, -0.1) is 0 Å². The molecule has 19 heavy (non-hydrogen) atoms. The molecule has 0 saturated carbocycles. The lowest BCUT2D eigenvalue weighted by Crippen LogP contribution is -2.26. The fraction of sp³-hybridized carbons (Fsp3) is 0.429. The first-order valence-electron chi connectivity index (χ1n) is 6.45. The standard InChI is InChI=1S/C14H20N4O/c1-5-11-8-13(18(4)16-11)14(19)15-9-12-7-6-10(2)17(12)3/h6-8H,5,9H2,1-4H3,(H,15,19). The van der Waals surface area contributed by atoms with E-state index in [1.54, 1.807) is 11.7 Å². The zero-order valence-corrected chi connectivity index (χ0v) is 11.9. The Morgan fingerprint density at radius 2 is 2.11 bits per heavy atom. The molecule has 2 heterocycles. The number of nitrogens with one attached hydrogen (secondary N) is 1. The Labute approximate surface area is 113 Å². The van der Waals surface area contributed by atoms with Crippen LogP contribution in [0.4, 0.5) is 0 Å². The van der Waals surface area contributed by atoms with Crippen molar-refractivity contribution in [1.29, 1.82) is 0 Å². The summed E-state index contributed by atoms with van der Waals surface area (Å²) in [5.74, 6) is -0.0893. The van der Waals surface area contributed by atoms with Crippen LogP contribution in [0.15, 0.2) is 18.2 Å². The molecule has 0 aliphatic rings. The van der Waals surface area contributed by atoms with Crippen LogP contribution in [0.1, 0.15) is 34.5 Å². The number of carbonyl (C=O) groups is 1. The van der Waals surface area contributed by atoms with E-state index in [9.17, 15) is 4.79 Å². The highest BCUT2D eigenvalue weighted by Gasteiger charge is 2.12. The SMILES string of the molecule is CCc1cc(C(=O)NCc2ccc(C)n2C)n(C)n1. The third kappa shape index (κ3) is 2.70. The number of nitrogens with zero attached hydrogens (tertiary/aromatic N) is 3. The molecule has 0 unspecified atom stereocenters. The van der Waals surface area contributed by atoms with Gasteiger partial charge in [-0.2, -0.15) is 5.10 Å². The molecule has 0 aromatic carbocycles. The van der Waals surface area contributed by atoms with E-state index < -0.39 is 0 Å². The van der Waals surface area contributed by atoms with Crippen molar-refractivity contribution in [1.82, 2.24) is 19.7 Å². The molecule has 0 bridgehead atoms. The van der Waals surface area contributed by atoms with Gasteiger partial charge >= 0.3 is 0 Å². The number of aromatic nitrogens is 3. The molecule has 1 amide bonds. The zero-order chi connectivity index (χ0) is 14.0. The Kier molecular flexibility index (Phi) is 3.74. The largest absolute Gasteiger partial charge is 0.350 e. The van der Waals surface area contributed by atoms with E-state index in [4.69, 9.17) is 0 Å². The molecular formula is C14H20N4O. The van der Waals surface area contributed by atoms with Gasteiger partial charge in [-0.25, -0.2) is 0 Å². The predicted octanol–water partition coefficient (Wildman–Crippen LogP) is 1.56. The summed E-state index contributed by atoms with van der Waals surface area (Å²) in [6.07, 6.45) is 0.831. The van der Waals surface area contributed by atoms with Crippen molar-refractivity contribution in [3.63, 3.8) is 0 Å². The maximum Gasteiger partial charge on any atom is 0.269 e. The quantitative estimate of drug-likeness (QED) is 0.907. The van der Waals surface area contributed by atoms with Crippen molar-refractivity contribution < 1.29 is 4.79 Å². The molecule has 0 spiro atoms. The molecule has 2 rings (SSSR count). The van der Waals surface area contributed by atoms with E-state index in [1.165, 1.54) is 5.69 Å². The minimum Gasteiger partial charge on any atom is -0.350 e. The minimum atomic E-state index is -0.0893. The second-order valence-corrected chi connectivity index (χ2v) is 4.71. The van der Waals surface area contributed by atoms with Crippen LogP contribution in [0.3, 0.4) is 0 Å². The first-order valence-corrected chi connectivity index (χ1v) is 6.45. The normalized spacial score (nSPS) is 10.7. The van der Waals surface area contributed by atoms with E-state index in [0.717, 1.165) is 17.8 Å². The Balaban J connectivity index is 2.05. The molecule has 0 aliphatic heterocycles. The van der Waals surface area contributed by atoms with Gasteiger partial charge in [0, 0.05) is 25.5 Å². The second-order valence-electron chi connectivity index (χ2n) is 4.71. The third-order valence-electron chi connectivity index (χ3n) is 3.43. The number of carbonyl (C=O) groups excluding carboxylic acids is 1. The number of aryl methyl sites for hydroxylation is 3. The van der Waals surface area contributed by atoms with Gasteiger partial charge in [-0.1, -0.05) is 6.92 Å². The molecule has 5 heteroatoms. The van der Waals surface area contributed by atoms with Crippen LogP contribution in [-0.4, -0.2) is 20.3 Å². The summed E-state index contributed by atoms with van der Waals surface area (Å²) in [6, 6.07) is 5.91. The van der Waals surface area contributed by atoms with Gasteiger partial charge < -0.3 is 9.88 Å². The average molecular weight is 260 g/mol. The molecule has 0 atom stereocenters. The molecule has 0 aliphatic carbocycles. The van der Waals surface area contributed by atoms with Gasteiger partial charge in [-0.05, 0) is 31.5 Å². The van der Waals surface area contributed by atoms with Crippen LogP contribution >= 0.6 is 0 Å². The van der Waals surface area contributed by atoms with Gasteiger partial charge in [0.25, 0.3) is 5.91 Å². The summed E-state index contributed by atoms with van der Waals surface area (Å²) in [6.45, 7) is 4.59. The molecule has 1 N–H and O–H groups in total. The first kappa shape index (κ1) is 13.4. The summed E-state index contributed by atoms with van der Waals surface area (Å²) in [5, 5.41) is 7.20. The minimum absolute atomic E-state index is 0.0893. The summed E-state index contributed by atoms with van der Waals surface area (Å²) in [5.41, 5.74) is 3.80. The van der Waals surface area contributed by atoms with Gasteiger partial charge in [0.05, 0.1) is 12.2 Å². The van der Waals surface area contributed by atoms with Crippen LogP contribution in [-0.2, 0) is 27.1 Å². The lowest BCUT2D eigenvalue weighted by Gasteiger charge is -2.07. The summed E-state index contributed by atoms with van der Waals surface area (Å²) < 4.78 is 3.70. The lowest BCUT2D eigenvalue weighted by molar-refractivity contribution is 0.0940. The van der Waals surface area contributed by atoms with Crippen molar-refractivity contribution in [2.75, 3.05) is 0 Å². The highest BCUT2D eigenvalue weighted by molar-refractivity contribution is 5.92. The second kappa shape index (κ2) is 5.30. The highest BCUT2D eigenvalue weighted by atomic mass is 16.2. The summed E-state index contributed by atoms with van der Waals surface area (Å²) in [4.78, 5) is 12.1. The number of hydrogen-bond donors (Lipinski definition) is 1. The van der Waals surface area contributed by atoms with Crippen molar-refractivity contribution in [2.45, 2.75) is 26.8 Å². The molecule has 0 fully saturated rings. The molecular weight excluding hydrogens is 240 g/mol. The van der Waals surface area contributed by atoms with Crippen LogP contribution in [0.2, 0.25) is 0 Å². The highest BCUT2D eigenvalue weighted by Crippen LogP contribution is 2.07. The predicted molar refractivity (Wildman–Crippen MR) is 73.9 cm³/mol. The van der Waals surface area contributed by atoms with Crippen LogP contribution in [0, 0.1) is 6.92 Å². The fourth-order valence-corrected chi connectivity index (χ4v) is 2.02. The van der Waals surface area contributed by atoms with E-state index in [2.05, 4.69) is 15.0 Å². The van der Waals surface area contributed by atoms with Crippen LogP contribution in [0.5, 0.6) is 0 Å². The average Bonchev–Trinajstić information content (AvgIpc) is 2.92. The maximum absolute atomic E-state index is 12.1. The number of hydrogen-bond acceptors (Lipinski definition) is 2. The maximum atomic E-state index is 12.1. The first-order chi connectivity index (χ1) is 9.02. The van der Waals surface area contributed by atoms with Gasteiger partial charge in [0.15, 0.2) is 0 Å². The van der Waals surface area contributed by atoms with Crippen molar-refractivity contribution >= 4 is 5.91 Å². The Morgan fingerprint density at radius 1 is 1.37 bits per heavy atom. The fourth-order valence-electron chi connectivity index (χ4n) is 2.02. The monoisotopic (exact) mass is 260 g/mol.